The molecule has 0 heterocycles. The first-order valence-corrected chi connectivity index (χ1v) is 4.89. The molecule has 0 atom stereocenters. The van der Waals surface area contributed by atoms with Crippen molar-refractivity contribution in [3.05, 3.63) is 29.3 Å². The van der Waals surface area contributed by atoms with Crippen LogP contribution in [0.3, 0.4) is 0 Å². The second-order valence-corrected chi connectivity index (χ2v) is 3.23. The highest BCUT2D eigenvalue weighted by Crippen LogP contribution is 2.30. The summed E-state index contributed by atoms with van der Waals surface area (Å²) in [6.45, 7) is -0.213. The Morgan fingerprint density at radius 1 is 1.29 bits per heavy atom. The molecule has 1 aromatic rings. The van der Waals surface area contributed by atoms with Gasteiger partial charge in [-0.2, -0.15) is 0 Å². The lowest BCUT2D eigenvalue weighted by atomic mass is 10.1. The van der Waals surface area contributed by atoms with Gasteiger partial charge in [0.1, 0.15) is 11.5 Å². The minimum atomic E-state index is -1.03. The van der Waals surface area contributed by atoms with E-state index in [0.717, 1.165) is 6.08 Å². The van der Waals surface area contributed by atoms with Crippen molar-refractivity contribution in [3.8, 4) is 11.5 Å². The Labute approximate surface area is 98.9 Å². The number of carbonyl (C=O) groups is 1. The normalized spacial score (nSPS) is 10.5. The number of benzene rings is 1. The zero-order valence-electron chi connectivity index (χ0n) is 9.64. The Bertz CT molecular complexity index is 412. The van der Waals surface area contributed by atoms with Crippen molar-refractivity contribution >= 4 is 12.0 Å². The largest absolute Gasteiger partial charge is 0.496 e. The first kappa shape index (κ1) is 13.1. The number of aliphatic hydroxyl groups excluding tert-OH is 1. The van der Waals surface area contributed by atoms with E-state index in [4.69, 9.17) is 14.6 Å². The third-order valence-corrected chi connectivity index (χ3v) is 2.21. The Morgan fingerprint density at radius 2 is 1.82 bits per heavy atom. The molecule has 0 fully saturated rings. The summed E-state index contributed by atoms with van der Waals surface area (Å²) in [5.74, 6) is -0.122. The lowest BCUT2D eigenvalue weighted by Crippen LogP contribution is -1.97. The van der Waals surface area contributed by atoms with Gasteiger partial charge in [-0.1, -0.05) is 0 Å². The highest BCUT2D eigenvalue weighted by molar-refractivity contribution is 5.85. The van der Waals surface area contributed by atoms with Crippen LogP contribution in [0.2, 0.25) is 0 Å². The Kier molecular flexibility index (Phi) is 4.54. The summed E-state index contributed by atoms with van der Waals surface area (Å²) in [7, 11) is 2.94. The van der Waals surface area contributed by atoms with E-state index in [1.807, 2.05) is 0 Å². The summed E-state index contributed by atoms with van der Waals surface area (Å²) < 4.78 is 10.2. The molecule has 17 heavy (non-hydrogen) atoms. The molecule has 0 unspecified atom stereocenters. The fourth-order valence-corrected chi connectivity index (χ4v) is 1.42. The number of aliphatic carboxylic acids is 1. The lowest BCUT2D eigenvalue weighted by Gasteiger charge is -2.12. The fraction of sp³-hybridized carbons (Fsp3) is 0.250. The van der Waals surface area contributed by atoms with Gasteiger partial charge >= 0.3 is 5.97 Å². The summed E-state index contributed by atoms with van der Waals surface area (Å²) >= 11 is 0. The average molecular weight is 238 g/mol. The molecule has 0 spiro atoms. The molecule has 0 aliphatic carbocycles. The van der Waals surface area contributed by atoms with E-state index in [2.05, 4.69) is 0 Å². The predicted octanol–water partition coefficient (Wildman–Crippen LogP) is 1.29. The number of hydrogen-bond donors (Lipinski definition) is 2. The van der Waals surface area contributed by atoms with Crippen molar-refractivity contribution in [2.75, 3.05) is 14.2 Å². The van der Waals surface area contributed by atoms with E-state index in [9.17, 15) is 9.90 Å². The van der Waals surface area contributed by atoms with Crippen molar-refractivity contribution in [2.24, 2.45) is 0 Å². The highest BCUT2D eigenvalue weighted by atomic mass is 16.5. The van der Waals surface area contributed by atoms with Gasteiger partial charge in [0.2, 0.25) is 0 Å². The topological polar surface area (TPSA) is 76.0 Å². The van der Waals surface area contributed by atoms with Crippen LogP contribution in [-0.4, -0.2) is 30.4 Å². The summed E-state index contributed by atoms with van der Waals surface area (Å²) in [5, 5.41) is 17.7. The number of ether oxygens (including phenoxy) is 2. The highest BCUT2D eigenvalue weighted by Gasteiger charge is 2.10. The third-order valence-electron chi connectivity index (χ3n) is 2.21. The van der Waals surface area contributed by atoms with Crippen molar-refractivity contribution in [1.29, 1.82) is 0 Å². The molecule has 92 valence electrons. The average Bonchev–Trinajstić information content (AvgIpc) is 2.34. The van der Waals surface area contributed by atoms with Gasteiger partial charge in [-0.15, -0.1) is 0 Å². The Morgan fingerprint density at radius 3 is 2.18 bits per heavy atom. The van der Waals surface area contributed by atoms with Crippen molar-refractivity contribution in [3.63, 3.8) is 0 Å². The molecule has 0 saturated heterocycles. The van der Waals surface area contributed by atoms with Gasteiger partial charge in [0.15, 0.2) is 0 Å². The molecule has 0 aliphatic rings. The molecular weight excluding hydrogens is 224 g/mol. The Balaban J connectivity index is 3.22. The van der Waals surface area contributed by atoms with Crippen molar-refractivity contribution in [1.82, 2.24) is 0 Å². The van der Waals surface area contributed by atoms with Crippen LogP contribution in [0.1, 0.15) is 11.1 Å². The van der Waals surface area contributed by atoms with Crippen LogP contribution in [0.15, 0.2) is 18.2 Å². The van der Waals surface area contributed by atoms with E-state index in [0.29, 0.717) is 22.6 Å². The van der Waals surface area contributed by atoms with Crippen LogP contribution in [0.4, 0.5) is 0 Å². The fourth-order valence-electron chi connectivity index (χ4n) is 1.42. The van der Waals surface area contributed by atoms with Gasteiger partial charge < -0.3 is 19.7 Å². The minimum Gasteiger partial charge on any atom is -0.496 e. The Hall–Kier alpha value is -2.01. The molecule has 2 N–H and O–H groups in total. The van der Waals surface area contributed by atoms with Crippen LogP contribution in [-0.2, 0) is 11.4 Å². The van der Waals surface area contributed by atoms with Crippen molar-refractivity contribution < 1.29 is 24.5 Å². The number of carboxylic acid groups (broad SMARTS) is 1. The molecule has 1 aromatic carbocycles. The van der Waals surface area contributed by atoms with Gasteiger partial charge in [0, 0.05) is 6.08 Å². The molecule has 0 amide bonds. The van der Waals surface area contributed by atoms with E-state index < -0.39 is 5.97 Å². The maximum atomic E-state index is 10.4. The summed E-state index contributed by atoms with van der Waals surface area (Å²) in [5.41, 5.74) is 1.15. The molecule has 0 saturated carbocycles. The maximum absolute atomic E-state index is 10.4. The zero-order chi connectivity index (χ0) is 12.8. The van der Waals surface area contributed by atoms with E-state index >= 15 is 0 Å². The monoisotopic (exact) mass is 238 g/mol. The first-order valence-electron chi connectivity index (χ1n) is 4.89. The number of carboxylic acids is 1. The van der Waals surface area contributed by atoms with Crippen LogP contribution >= 0.6 is 0 Å². The van der Waals surface area contributed by atoms with Gasteiger partial charge in [-0.25, -0.2) is 4.79 Å². The summed E-state index contributed by atoms with van der Waals surface area (Å²) in [6, 6.07) is 3.26. The van der Waals surface area contributed by atoms with Crippen LogP contribution in [0.5, 0.6) is 11.5 Å². The van der Waals surface area contributed by atoms with Crippen LogP contribution in [0.25, 0.3) is 6.08 Å². The SMILES string of the molecule is COc1cc(/C=C/C(=O)O)cc(OC)c1CO. The molecule has 0 aromatic heterocycles. The van der Waals surface area contributed by atoms with Gasteiger partial charge in [0.05, 0.1) is 26.4 Å². The lowest BCUT2D eigenvalue weighted by molar-refractivity contribution is -0.131. The third kappa shape index (κ3) is 3.22. The molecule has 5 heteroatoms. The molecule has 5 nitrogen and oxygen atoms in total. The van der Waals surface area contributed by atoms with E-state index in [1.54, 1.807) is 12.1 Å². The predicted molar refractivity (Wildman–Crippen MR) is 62.1 cm³/mol. The van der Waals surface area contributed by atoms with Gasteiger partial charge in [0.25, 0.3) is 0 Å². The number of rotatable bonds is 5. The minimum absolute atomic E-state index is 0.213. The number of hydrogen-bond acceptors (Lipinski definition) is 4. The second-order valence-electron chi connectivity index (χ2n) is 3.23. The first-order chi connectivity index (χ1) is 8.12. The molecule has 0 aliphatic heterocycles. The van der Waals surface area contributed by atoms with Crippen LogP contribution in [0, 0.1) is 0 Å². The second kappa shape index (κ2) is 5.91. The van der Waals surface area contributed by atoms with E-state index in [-0.39, 0.29) is 6.61 Å². The standard InChI is InChI=1S/C12H14O5/c1-16-10-5-8(3-4-12(14)15)6-11(17-2)9(10)7-13/h3-6,13H,7H2,1-2H3,(H,14,15)/b4-3+. The zero-order valence-corrected chi connectivity index (χ0v) is 9.64. The number of methoxy groups -OCH3 is 2. The van der Waals surface area contributed by atoms with Gasteiger partial charge in [-0.3, -0.25) is 0 Å². The summed E-state index contributed by atoms with van der Waals surface area (Å²) in [4.78, 5) is 10.4. The maximum Gasteiger partial charge on any atom is 0.328 e. The van der Waals surface area contributed by atoms with E-state index in [1.165, 1.54) is 20.3 Å². The molecule has 0 bridgehead atoms. The van der Waals surface area contributed by atoms with Crippen LogP contribution < -0.4 is 9.47 Å². The number of aliphatic hydroxyl groups is 1. The molecule has 0 radical (unpaired) electrons. The molecular formula is C12H14O5. The van der Waals surface area contributed by atoms with Gasteiger partial charge in [-0.05, 0) is 23.8 Å². The smallest absolute Gasteiger partial charge is 0.328 e. The quantitative estimate of drug-likeness (QED) is 0.756. The van der Waals surface area contributed by atoms with Crippen molar-refractivity contribution in [2.45, 2.75) is 6.61 Å². The summed E-state index contributed by atoms with van der Waals surface area (Å²) in [6.07, 6.45) is 2.45. The molecule has 1 rings (SSSR count).